The smallest absolute Gasteiger partial charge is 0.388 e. The SMILES string of the molecule is C[C@H]1CCCN1C(=O)c1nc(C(=O)NCC2(O)CC2)sc1-c1cnc(NCCCC2CC2)cc1C(F)(F)F. The van der Waals surface area contributed by atoms with Crippen molar-refractivity contribution in [2.24, 2.45) is 5.92 Å². The summed E-state index contributed by atoms with van der Waals surface area (Å²) in [5.74, 6) is -0.299. The van der Waals surface area contributed by atoms with Gasteiger partial charge in [-0.25, -0.2) is 9.97 Å². The fraction of sp³-hybridized carbons (Fsp3) is 0.615. The van der Waals surface area contributed by atoms with Gasteiger partial charge in [0, 0.05) is 37.4 Å². The van der Waals surface area contributed by atoms with Crippen molar-refractivity contribution in [1.29, 1.82) is 0 Å². The first-order valence-corrected chi connectivity index (χ1v) is 14.0. The minimum atomic E-state index is -4.72. The van der Waals surface area contributed by atoms with Crippen LogP contribution in [0.5, 0.6) is 0 Å². The van der Waals surface area contributed by atoms with Crippen LogP contribution in [-0.4, -0.2) is 63.1 Å². The molecule has 0 bridgehead atoms. The molecule has 2 aliphatic carbocycles. The molecular weight excluding hydrogens is 519 g/mol. The number of rotatable bonds is 10. The zero-order valence-electron chi connectivity index (χ0n) is 21.2. The maximum Gasteiger partial charge on any atom is 0.417 e. The lowest BCUT2D eigenvalue weighted by molar-refractivity contribution is -0.137. The van der Waals surface area contributed by atoms with E-state index in [2.05, 4.69) is 20.6 Å². The Morgan fingerprint density at radius 3 is 2.66 bits per heavy atom. The second-order valence-electron chi connectivity index (χ2n) is 10.7. The van der Waals surface area contributed by atoms with E-state index in [-0.39, 0.29) is 39.5 Å². The average molecular weight is 552 g/mol. The van der Waals surface area contributed by atoms with Gasteiger partial charge in [-0.05, 0) is 57.4 Å². The van der Waals surface area contributed by atoms with Gasteiger partial charge < -0.3 is 20.6 Å². The summed E-state index contributed by atoms with van der Waals surface area (Å²) < 4.78 is 42.8. The third-order valence-electron chi connectivity index (χ3n) is 7.49. The Hall–Kier alpha value is -2.73. The highest BCUT2D eigenvalue weighted by atomic mass is 32.1. The van der Waals surface area contributed by atoms with Crippen LogP contribution in [0.25, 0.3) is 10.4 Å². The number of halogens is 3. The van der Waals surface area contributed by atoms with Crippen molar-refractivity contribution in [2.45, 2.75) is 76.1 Å². The van der Waals surface area contributed by atoms with Crippen molar-refractivity contribution in [3.63, 3.8) is 0 Å². The Kier molecular flexibility index (Phi) is 7.38. The molecule has 12 heteroatoms. The molecule has 206 valence electrons. The molecule has 0 unspecified atom stereocenters. The quantitative estimate of drug-likeness (QED) is 0.370. The Morgan fingerprint density at radius 2 is 2.03 bits per heavy atom. The number of alkyl halides is 3. The summed E-state index contributed by atoms with van der Waals surface area (Å²) in [7, 11) is 0. The van der Waals surface area contributed by atoms with Gasteiger partial charge >= 0.3 is 6.18 Å². The number of nitrogens with zero attached hydrogens (tertiary/aromatic N) is 3. The van der Waals surface area contributed by atoms with E-state index in [0.717, 1.165) is 55.2 Å². The van der Waals surface area contributed by atoms with Gasteiger partial charge in [-0.2, -0.15) is 13.2 Å². The summed E-state index contributed by atoms with van der Waals surface area (Å²) in [4.78, 5) is 36.3. The number of hydrogen-bond donors (Lipinski definition) is 3. The number of nitrogens with one attached hydrogen (secondary N) is 2. The van der Waals surface area contributed by atoms with Crippen LogP contribution < -0.4 is 10.6 Å². The number of aliphatic hydroxyl groups is 1. The van der Waals surface area contributed by atoms with Crippen molar-refractivity contribution < 1.29 is 27.9 Å². The highest BCUT2D eigenvalue weighted by Gasteiger charge is 2.41. The highest BCUT2D eigenvalue weighted by Crippen LogP contribution is 2.42. The third-order valence-corrected chi connectivity index (χ3v) is 8.58. The van der Waals surface area contributed by atoms with E-state index in [1.807, 2.05) is 6.92 Å². The van der Waals surface area contributed by atoms with Gasteiger partial charge in [0.15, 0.2) is 5.01 Å². The Bertz CT molecular complexity index is 1210. The average Bonchev–Trinajstić information content (AvgIpc) is 3.75. The Morgan fingerprint density at radius 1 is 1.26 bits per heavy atom. The molecule has 3 N–H and O–H groups in total. The zero-order chi connectivity index (χ0) is 27.1. The molecule has 0 spiro atoms. The normalized spacial score (nSPS) is 20.4. The lowest BCUT2D eigenvalue weighted by Gasteiger charge is -2.21. The number of aromatic nitrogens is 2. The molecule has 2 aromatic rings. The summed E-state index contributed by atoms with van der Waals surface area (Å²) in [6.07, 6.45) is 3.43. The second-order valence-corrected chi connectivity index (χ2v) is 11.7. The van der Waals surface area contributed by atoms with Crippen molar-refractivity contribution in [1.82, 2.24) is 20.2 Å². The monoisotopic (exact) mass is 551 g/mol. The highest BCUT2D eigenvalue weighted by molar-refractivity contribution is 7.17. The summed E-state index contributed by atoms with van der Waals surface area (Å²) in [5, 5.41) is 15.5. The number of hydrogen-bond acceptors (Lipinski definition) is 7. The van der Waals surface area contributed by atoms with Crippen LogP contribution in [0.4, 0.5) is 19.0 Å². The maximum absolute atomic E-state index is 14.3. The largest absolute Gasteiger partial charge is 0.417 e. The third kappa shape index (κ3) is 6.12. The predicted molar refractivity (Wildman–Crippen MR) is 137 cm³/mol. The van der Waals surface area contributed by atoms with E-state index in [1.54, 1.807) is 4.90 Å². The van der Waals surface area contributed by atoms with Gasteiger partial charge in [0.2, 0.25) is 0 Å². The minimum absolute atomic E-state index is 0.0175. The first kappa shape index (κ1) is 26.9. The van der Waals surface area contributed by atoms with Crippen LogP contribution >= 0.6 is 11.3 Å². The predicted octanol–water partition coefficient (Wildman–Crippen LogP) is 4.71. The standard InChI is InChI=1S/C26H32F3N5O3S/c1-15-4-3-11-34(15)24(36)20-21(38-23(33-20)22(35)32-14-25(37)8-9-25)17-13-31-19(12-18(17)26(27,28)29)30-10-2-5-16-6-7-16/h12-13,15-16,37H,2-11,14H2,1H3,(H,30,31)(H,32,35)/t15-/m0/s1. The van der Waals surface area contributed by atoms with E-state index in [4.69, 9.17) is 0 Å². The van der Waals surface area contributed by atoms with E-state index in [0.29, 0.717) is 25.9 Å². The number of anilines is 1. The maximum atomic E-state index is 14.3. The van der Waals surface area contributed by atoms with Crippen molar-refractivity contribution in [3.8, 4) is 10.4 Å². The first-order valence-electron chi connectivity index (χ1n) is 13.2. The van der Waals surface area contributed by atoms with Crippen LogP contribution in [0.2, 0.25) is 0 Å². The molecule has 2 saturated carbocycles. The first-order chi connectivity index (χ1) is 18.0. The van der Waals surface area contributed by atoms with E-state index >= 15 is 0 Å². The molecule has 8 nitrogen and oxygen atoms in total. The Labute approximate surface area is 223 Å². The molecule has 38 heavy (non-hydrogen) atoms. The molecule has 2 aromatic heterocycles. The molecule has 5 rings (SSSR count). The van der Waals surface area contributed by atoms with Gasteiger partial charge in [0.1, 0.15) is 11.5 Å². The van der Waals surface area contributed by atoms with Gasteiger partial charge in [-0.1, -0.05) is 12.8 Å². The number of carbonyl (C=O) groups is 2. The summed E-state index contributed by atoms with van der Waals surface area (Å²) in [5.41, 5.74) is -2.36. The van der Waals surface area contributed by atoms with Crippen LogP contribution in [0.15, 0.2) is 12.3 Å². The number of likely N-dealkylation sites (tertiary alicyclic amines) is 1. The summed E-state index contributed by atoms with van der Waals surface area (Å²) >= 11 is 0.735. The molecule has 1 atom stereocenters. The summed E-state index contributed by atoms with van der Waals surface area (Å²) in [6.45, 7) is 2.89. The molecule has 0 radical (unpaired) electrons. The van der Waals surface area contributed by atoms with Gasteiger partial charge in [0.25, 0.3) is 11.8 Å². The zero-order valence-corrected chi connectivity index (χ0v) is 22.1. The molecule has 3 heterocycles. The fourth-order valence-corrected chi connectivity index (χ4v) is 5.74. The van der Waals surface area contributed by atoms with Gasteiger partial charge in [-0.3, -0.25) is 9.59 Å². The van der Waals surface area contributed by atoms with Gasteiger partial charge in [0.05, 0.1) is 16.0 Å². The van der Waals surface area contributed by atoms with E-state index in [1.165, 1.54) is 12.8 Å². The molecule has 3 fully saturated rings. The van der Waals surface area contributed by atoms with Gasteiger partial charge in [-0.15, -0.1) is 11.3 Å². The topological polar surface area (TPSA) is 107 Å². The van der Waals surface area contributed by atoms with Crippen LogP contribution in [0, 0.1) is 5.92 Å². The van der Waals surface area contributed by atoms with E-state index in [9.17, 15) is 27.9 Å². The molecule has 1 saturated heterocycles. The Balaban J connectivity index is 1.46. The van der Waals surface area contributed by atoms with Crippen LogP contribution in [-0.2, 0) is 6.18 Å². The van der Waals surface area contributed by atoms with E-state index < -0.39 is 29.2 Å². The lowest BCUT2D eigenvalue weighted by Crippen LogP contribution is -2.35. The molecule has 1 aliphatic heterocycles. The van der Waals surface area contributed by atoms with Crippen LogP contribution in [0.3, 0.4) is 0 Å². The minimum Gasteiger partial charge on any atom is -0.388 e. The second kappa shape index (κ2) is 10.4. The molecule has 3 aliphatic rings. The fourth-order valence-electron chi connectivity index (χ4n) is 4.74. The lowest BCUT2D eigenvalue weighted by atomic mass is 10.1. The molecule has 2 amide bonds. The number of pyridine rings is 1. The van der Waals surface area contributed by atoms with Crippen molar-refractivity contribution in [2.75, 3.05) is 25.0 Å². The molecule has 0 aromatic carbocycles. The number of thiazole rings is 1. The molecular formula is C26H32F3N5O3S. The number of amides is 2. The summed E-state index contributed by atoms with van der Waals surface area (Å²) in [6, 6.07) is 0.877. The van der Waals surface area contributed by atoms with Crippen molar-refractivity contribution in [3.05, 3.63) is 28.5 Å². The van der Waals surface area contributed by atoms with Crippen LogP contribution in [0.1, 0.15) is 84.1 Å². The number of carbonyl (C=O) groups excluding carboxylic acids is 2. The van der Waals surface area contributed by atoms with Crippen molar-refractivity contribution >= 4 is 29.0 Å².